The summed E-state index contributed by atoms with van der Waals surface area (Å²) < 4.78 is 3.91. The molecule has 36 heavy (non-hydrogen) atoms. The zero-order valence-corrected chi connectivity index (χ0v) is 20.4. The van der Waals surface area contributed by atoms with Gasteiger partial charge in [-0.1, -0.05) is 62.4 Å². The maximum Gasteiger partial charge on any atom is 0.173 e. The number of aromatic nitrogens is 8. The largest absolute Gasteiger partial charge is 0.285 e. The molecule has 4 heterocycles. The summed E-state index contributed by atoms with van der Waals surface area (Å²) in [6.07, 6.45) is 6.93. The summed E-state index contributed by atoms with van der Waals surface area (Å²) >= 11 is 0. The van der Waals surface area contributed by atoms with Crippen molar-refractivity contribution in [3.05, 3.63) is 107 Å². The molecule has 1 aliphatic rings. The van der Waals surface area contributed by atoms with Gasteiger partial charge in [0, 0.05) is 36.1 Å². The van der Waals surface area contributed by atoms with E-state index in [1.54, 1.807) is 0 Å². The van der Waals surface area contributed by atoms with Gasteiger partial charge in [-0.3, -0.25) is 10.00 Å². The van der Waals surface area contributed by atoms with Gasteiger partial charge in [-0.25, -0.2) is 9.36 Å². The molecule has 0 saturated heterocycles. The van der Waals surface area contributed by atoms with E-state index < -0.39 is 0 Å². The molecule has 0 spiro atoms. The van der Waals surface area contributed by atoms with E-state index in [4.69, 9.17) is 5.10 Å². The Morgan fingerprint density at radius 1 is 1.00 bits per heavy atom. The first-order chi connectivity index (χ1) is 17.7. The Labute approximate surface area is 209 Å². The highest BCUT2D eigenvalue weighted by molar-refractivity contribution is 5.37. The van der Waals surface area contributed by atoms with Crippen LogP contribution in [0.1, 0.15) is 60.1 Å². The predicted octanol–water partition coefficient (Wildman–Crippen LogP) is 4.09. The Morgan fingerprint density at radius 2 is 1.78 bits per heavy atom. The molecular formula is C27H29N9. The smallest absolute Gasteiger partial charge is 0.173 e. The summed E-state index contributed by atoms with van der Waals surface area (Å²) in [6.45, 7) is 5.91. The van der Waals surface area contributed by atoms with E-state index in [1.807, 2.05) is 40.0 Å². The number of aromatic amines is 1. The van der Waals surface area contributed by atoms with Gasteiger partial charge in [0.05, 0.1) is 24.1 Å². The van der Waals surface area contributed by atoms with Gasteiger partial charge in [-0.05, 0) is 40.5 Å². The lowest BCUT2D eigenvalue weighted by atomic mass is 9.92. The lowest BCUT2D eigenvalue weighted by Gasteiger charge is -2.40. The minimum Gasteiger partial charge on any atom is -0.285 e. The second-order valence-corrected chi connectivity index (χ2v) is 9.54. The number of nitrogens with one attached hydrogen (secondary N) is 1. The van der Waals surface area contributed by atoms with E-state index >= 15 is 0 Å². The third kappa shape index (κ3) is 4.11. The number of para-hydroxylation sites is 1. The molecule has 9 nitrogen and oxygen atoms in total. The lowest BCUT2D eigenvalue weighted by Crippen LogP contribution is -2.42. The van der Waals surface area contributed by atoms with Crippen molar-refractivity contribution in [3.8, 4) is 5.69 Å². The molecule has 182 valence electrons. The number of nitrogens with zero attached hydrogens (tertiary/aromatic N) is 8. The van der Waals surface area contributed by atoms with Gasteiger partial charge in [-0.15, -0.1) is 5.10 Å². The lowest BCUT2D eigenvalue weighted by molar-refractivity contribution is 0.113. The molecule has 5 aromatic rings. The van der Waals surface area contributed by atoms with E-state index in [1.165, 1.54) is 5.56 Å². The Hall–Kier alpha value is -4.11. The first-order valence-corrected chi connectivity index (χ1v) is 12.4. The van der Waals surface area contributed by atoms with Crippen molar-refractivity contribution in [2.45, 2.75) is 44.8 Å². The first-order valence-electron chi connectivity index (χ1n) is 12.4. The maximum atomic E-state index is 5.05. The van der Waals surface area contributed by atoms with Gasteiger partial charge in [0.2, 0.25) is 0 Å². The fourth-order valence-corrected chi connectivity index (χ4v) is 5.19. The number of tetrazole rings is 1. The minimum atomic E-state index is -0.146. The van der Waals surface area contributed by atoms with Crippen LogP contribution in [-0.2, 0) is 13.0 Å². The number of benzene rings is 2. The van der Waals surface area contributed by atoms with Crippen LogP contribution in [0, 0.1) is 0 Å². The summed E-state index contributed by atoms with van der Waals surface area (Å²) in [5, 5.41) is 25.2. The molecular weight excluding hydrogens is 450 g/mol. The summed E-state index contributed by atoms with van der Waals surface area (Å²) in [6, 6.07) is 20.8. The molecule has 0 aliphatic carbocycles. The summed E-state index contributed by atoms with van der Waals surface area (Å²) in [5.41, 5.74) is 5.63. The summed E-state index contributed by atoms with van der Waals surface area (Å²) in [7, 11) is 0. The van der Waals surface area contributed by atoms with Crippen molar-refractivity contribution < 1.29 is 0 Å². The highest BCUT2D eigenvalue weighted by atomic mass is 15.6. The zero-order chi connectivity index (χ0) is 24.5. The van der Waals surface area contributed by atoms with E-state index in [2.05, 4.69) is 93.1 Å². The third-order valence-corrected chi connectivity index (χ3v) is 6.92. The van der Waals surface area contributed by atoms with Crippen LogP contribution in [0.2, 0.25) is 0 Å². The van der Waals surface area contributed by atoms with Gasteiger partial charge in [-0.2, -0.15) is 10.2 Å². The Kier molecular flexibility index (Phi) is 5.90. The van der Waals surface area contributed by atoms with E-state index in [-0.39, 0.29) is 18.0 Å². The fraction of sp³-hybridized carbons (Fsp3) is 0.296. The average molecular weight is 480 g/mol. The van der Waals surface area contributed by atoms with E-state index in [0.717, 1.165) is 47.8 Å². The van der Waals surface area contributed by atoms with E-state index in [9.17, 15) is 0 Å². The van der Waals surface area contributed by atoms with Crippen molar-refractivity contribution in [3.63, 3.8) is 0 Å². The highest BCUT2D eigenvalue weighted by Crippen LogP contribution is 2.40. The molecule has 0 bridgehead atoms. The number of hydrogen-bond donors (Lipinski definition) is 1. The van der Waals surface area contributed by atoms with Crippen LogP contribution in [-0.4, -0.2) is 51.6 Å². The van der Waals surface area contributed by atoms with Crippen LogP contribution in [0.5, 0.6) is 0 Å². The van der Waals surface area contributed by atoms with Crippen molar-refractivity contribution in [1.29, 1.82) is 0 Å². The molecule has 2 aromatic carbocycles. The fourth-order valence-electron chi connectivity index (χ4n) is 5.19. The molecule has 0 amide bonds. The topological polar surface area (TPSA) is 93.3 Å². The molecule has 0 radical (unpaired) electrons. The molecule has 9 heteroatoms. The quantitative estimate of drug-likeness (QED) is 0.378. The molecule has 3 aromatic heterocycles. The normalized spacial score (nSPS) is 16.8. The van der Waals surface area contributed by atoms with Crippen molar-refractivity contribution >= 4 is 0 Å². The van der Waals surface area contributed by atoms with Gasteiger partial charge in [0.25, 0.3) is 0 Å². The maximum absolute atomic E-state index is 5.05. The van der Waals surface area contributed by atoms with Crippen LogP contribution in [0.15, 0.2) is 79.3 Å². The van der Waals surface area contributed by atoms with Crippen molar-refractivity contribution in [1.82, 2.24) is 45.1 Å². The first kappa shape index (κ1) is 22.4. The van der Waals surface area contributed by atoms with Crippen molar-refractivity contribution in [2.24, 2.45) is 0 Å². The van der Waals surface area contributed by atoms with Crippen LogP contribution < -0.4 is 0 Å². The Balaban J connectivity index is 1.49. The summed E-state index contributed by atoms with van der Waals surface area (Å²) in [4.78, 5) is 2.52. The molecule has 0 fully saturated rings. The van der Waals surface area contributed by atoms with Gasteiger partial charge in [0.1, 0.15) is 6.04 Å². The Morgan fingerprint density at radius 3 is 2.50 bits per heavy atom. The van der Waals surface area contributed by atoms with Gasteiger partial charge in [0.15, 0.2) is 5.82 Å². The predicted molar refractivity (Wildman–Crippen MR) is 135 cm³/mol. The van der Waals surface area contributed by atoms with Gasteiger partial charge >= 0.3 is 0 Å². The van der Waals surface area contributed by atoms with Crippen molar-refractivity contribution in [2.75, 3.05) is 6.54 Å². The van der Waals surface area contributed by atoms with Crippen LogP contribution in [0.25, 0.3) is 5.69 Å². The van der Waals surface area contributed by atoms with E-state index in [0.29, 0.717) is 0 Å². The molecule has 1 N–H and O–H groups in total. The average Bonchev–Trinajstić information content (AvgIpc) is 3.69. The second-order valence-electron chi connectivity index (χ2n) is 9.54. The standard InChI is InChI=1S/C27H29N9/c1-19(2)25-23(18-36(31-25)22-11-7-4-8-12-22)26-27-30-32-33-35(27)14-13-34(26)24(21-16-28-29-17-21)15-20-9-5-3-6-10-20/h3-12,16-19,24,26H,13-15H2,1-2H3,(H,28,29). The minimum absolute atomic E-state index is 0.0849. The molecule has 1 aliphatic heterocycles. The number of rotatable bonds is 7. The zero-order valence-electron chi connectivity index (χ0n) is 20.4. The monoisotopic (exact) mass is 479 g/mol. The molecule has 2 unspecified atom stereocenters. The van der Waals surface area contributed by atoms with Crippen LogP contribution in [0.3, 0.4) is 0 Å². The third-order valence-electron chi connectivity index (χ3n) is 6.92. The molecule has 6 rings (SSSR count). The number of hydrogen-bond acceptors (Lipinski definition) is 6. The SMILES string of the molecule is CC(C)c1nn(-c2ccccc2)cc1C1c2nnnn2CCN1C(Cc1ccccc1)c1cn[nH]c1. The summed E-state index contributed by atoms with van der Waals surface area (Å²) in [5.74, 6) is 1.08. The van der Waals surface area contributed by atoms with Gasteiger partial charge < -0.3 is 0 Å². The highest BCUT2D eigenvalue weighted by Gasteiger charge is 2.39. The number of fused-ring (bicyclic) bond motifs is 1. The number of H-pyrrole nitrogens is 1. The molecule has 2 atom stereocenters. The van der Waals surface area contributed by atoms with Crippen LogP contribution >= 0.6 is 0 Å². The van der Waals surface area contributed by atoms with Crippen LogP contribution in [0.4, 0.5) is 0 Å². The Bertz CT molecular complexity index is 1400. The molecule has 0 saturated carbocycles. The second kappa shape index (κ2) is 9.50.